The van der Waals surface area contributed by atoms with E-state index in [9.17, 15) is 0 Å². The van der Waals surface area contributed by atoms with Crippen LogP contribution in [0.2, 0.25) is 0 Å². The fourth-order valence-corrected chi connectivity index (χ4v) is 4.39. The Morgan fingerprint density at radius 3 is 2.71 bits per heavy atom. The number of aromatic nitrogens is 5. The Kier molecular flexibility index (Phi) is 6.12. The van der Waals surface area contributed by atoms with Crippen LogP contribution in [0, 0.1) is 0 Å². The second-order valence-corrected chi connectivity index (χ2v) is 8.79. The Bertz CT molecular complexity index is 1570. The molecule has 5 aromatic rings. The standard InChI is InChI=1S/C29H28N6/c1-5-19(18-35(3)4)13-20(6-2)22-14-25-28(33-34-29(25)31-17-22)27-15-24-23(10-7-11-26(24)32-27)21-9-8-12-30-16-21/h5-17,32H,1,18H2,2-4H3,(H,31,33,34)/b19-13+,20-6+. The van der Waals surface area contributed by atoms with Crippen molar-refractivity contribution in [3.63, 3.8) is 0 Å². The highest BCUT2D eigenvalue weighted by Crippen LogP contribution is 2.34. The molecule has 174 valence electrons. The van der Waals surface area contributed by atoms with E-state index in [1.54, 1.807) is 6.20 Å². The molecule has 0 bridgehead atoms. The van der Waals surface area contributed by atoms with Gasteiger partial charge in [-0.2, -0.15) is 5.10 Å². The smallest absolute Gasteiger partial charge is 0.181 e. The van der Waals surface area contributed by atoms with Gasteiger partial charge >= 0.3 is 0 Å². The van der Waals surface area contributed by atoms with Crippen LogP contribution in [0.5, 0.6) is 0 Å². The molecule has 0 saturated heterocycles. The third-order valence-electron chi connectivity index (χ3n) is 6.06. The number of hydrogen-bond acceptors (Lipinski definition) is 4. The van der Waals surface area contributed by atoms with E-state index in [0.29, 0.717) is 5.65 Å². The molecule has 0 aliphatic heterocycles. The lowest BCUT2D eigenvalue weighted by molar-refractivity contribution is 0.449. The van der Waals surface area contributed by atoms with Gasteiger partial charge in [0.1, 0.15) is 0 Å². The number of H-pyrrole nitrogens is 2. The lowest BCUT2D eigenvalue weighted by Crippen LogP contribution is -2.14. The van der Waals surface area contributed by atoms with Crippen molar-refractivity contribution in [1.29, 1.82) is 0 Å². The molecule has 5 rings (SSSR count). The molecule has 0 radical (unpaired) electrons. The molecule has 0 amide bonds. The highest BCUT2D eigenvalue weighted by Gasteiger charge is 2.15. The second kappa shape index (κ2) is 9.52. The van der Waals surface area contributed by atoms with Crippen LogP contribution >= 0.6 is 0 Å². The number of fused-ring (bicyclic) bond motifs is 2. The molecule has 2 N–H and O–H groups in total. The Morgan fingerprint density at radius 2 is 1.97 bits per heavy atom. The molecule has 0 aliphatic rings. The Hall–Kier alpha value is -4.29. The molecule has 0 saturated carbocycles. The fraction of sp³-hybridized carbons (Fsp3) is 0.138. The van der Waals surface area contributed by atoms with Gasteiger partial charge in [-0.1, -0.05) is 43.0 Å². The molecule has 0 fully saturated rings. The molecule has 0 aliphatic carbocycles. The van der Waals surface area contributed by atoms with Crippen LogP contribution in [0.15, 0.2) is 91.4 Å². The van der Waals surface area contributed by atoms with Crippen molar-refractivity contribution in [2.24, 2.45) is 0 Å². The van der Waals surface area contributed by atoms with E-state index in [-0.39, 0.29) is 0 Å². The van der Waals surface area contributed by atoms with Crippen LogP contribution in [0.4, 0.5) is 0 Å². The maximum absolute atomic E-state index is 4.64. The zero-order valence-electron chi connectivity index (χ0n) is 20.2. The van der Waals surface area contributed by atoms with Crippen molar-refractivity contribution in [2.45, 2.75) is 6.92 Å². The van der Waals surface area contributed by atoms with E-state index in [1.165, 1.54) is 0 Å². The number of allylic oxidation sites excluding steroid dienone is 3. The van der Waals surface area contributed by atoms with E-state index in [1.807, 2.05) is 31.5 Å². The minimum Gasteiger partial charge on any atom is -0.353 e. The molecule has 6 heteroatoms. The van der Waals surface area contributed by atoms with Gasteiger partial charge in [-0.05, 0) is 62.0 Å². The van der Waals surface area contributed by atoms with Gasteiger partial charge in [-0.15, -0.1) is 0 Å². The molecule has 4 heterocycles. The van der Waals surface area contributed by atoms with Crippen molar-refractivity contribution >= 4 is 27.5 Å². The van der Waals surface area contributed by atoms with Crippen molar-refractivity contribution in [2.75, 3.05) is 20.6 Å². The highest BCUT2D eigenvalue weighted by atomic mass is 15.2. The maximum atomic E-state index is 4.64. The number of pyridine rings is 2. The average molecular weight is 461 g/mol. The third-order valence-corrected chi connectivity index (χ3v) is 6.06. The molecule has 6 nitrogen and oxygen atoms in total. The number of hydrogen-bond donors (Lipinski definition) is 2. The van der Waals surface area contributed by atoms with Crippen LogP contribution in [0.3, 0.4) is 0 Å². The summed E-state index contributed by atoms with van der Waals surface area (Å²) >= 11 is 0. The summed E-state index contributed by atoms with van der Waals surface area (Å²) in [7, 11) is 4.11. The minimum absolute atomic E-state index is 0.687. The topological polar surface area (TPSA) is 73.5 Å². The molecular formula is C29H28N6. The van der Waals surface area contributed by atoms with Gasteiger partial charge in [0.25, 0.3) is 0 Å². The number of aromatic amines is 2. The maximum Gasteiger partial charge on any atom is 0.181 e. The van der Waals surface area contributed by atoms with Crippen LogP contribution in [-0.2, 0) is 0 Å². The summed E-state index contributed by atoms with van der Waals surface area (Å²) in [6.07, 6.45) is 11.7. The second-order valence-electron chi connectivity index (χ2n) is 8.79. The van der Waals surface area contributed by atoms with E-state index < -0.39 is 0 Å². The number of nitrogens with zero attached hydrogens (tertiary/aromatic N) is 4. The fourth-order valence-electron chi connectivity index (χ4n) is 4.39. The number of nitrogens with one attached hydrogen (secondary N) is 2. The van der Waals surface area contributed by atoms with E-state index in [4.69, 9.17) is 0 Å². The molecule has 35 heavy (non-hydrogen) atoms. The van der Waals surface area contributed by atoms with Crippen molar-refractivity contribution < 1.29 is 0 Å². The molecule has 0 atom stereocenters. The molecule has 1 aromatic carbocycles. The van der Waals surface area contributed by atoms with Gasteiger partial charge in [0, 0.05) is 52.6 Å². The largest absolute Gasteiger partial charge is 0.353 e. The quantitative estimate of drug-likeness (QED) is 0.282. The Balaban J connectivity index is 1.59. The van der Waals surface area contributed by atoms with Crippen molar-refractivity contribution in [1.82, 2.24) is 30.0 Å². The monoisotopic (exact) mass is 460 g/mol. The van der Waals surface area contributed by atoms with Crippen LogP contribution < -0.4 is 0 Å². The lowest BCUT2D eigenvalue weighted by atomic mass is 10.0. The van der Waals surface area contributed by atoms with E-state index in [2.05, 4.69) is 99.3 Å². The molecule has 0 spiro atoms. The third kappa shape index (κ3) is 4.44. The normalized spacial score (nSPS) is 12.7. The van der Waals surface area contributed by atoms with E-state index in [0.717, 1.165) is 62.1 Å². The zero-order chi connectivity index (χ0) is 24.4. The number of rotatable bonds is 7. The van der Waals surface area contributed by atoms with E-state index >= 15 is 0 Å². The summed E-state index contributed by atoms with van der Waals surface area (Å²) in [4.78, 5) is 14.6. The first-order valence-electron chi connectivity index (χ1n) is 11.6. The summed E-state index contributed by atoms with van der Waals surface area (Å²) in [5.41, 5.74) is 9.13. The van der Waals surface area contributed by atoms with Crippen LogP contribution in [0.25, 0.3) is 50.0 Å². The first-order chi connectivity index (χ1) is 17.1. The van der Waals surface area contributed by atoms with Crippen LogP contribution in [0.1, 0.15) is 12.5 Å². The summed E-state index contributed by atoms with van der Waals surface area (Å²) in [6.45, 7) is 6.84. The highest BCUT2D eigenvalue weighted by molar-refractivity contribution is 6.01. The predicted molar refractivity (Wildman–Crippen MR) is 145 cm³/mol. The Labute approximate surface area is 204 Å². The minimum atomic E-state index is 0.687. The SMILES string of the molecule is C=C/C(=C\C(=C/C)c1cnc2n[nH]c(-c3cc4c(-c5cccnc5)cccc4[nH]3)c2c1)CN(C)C. The van der Waals surface area contributed by atoms with Gasteiger partial charge in [0.2, 0.25) is 0 Å². The van der Waals surface area contributed by atoms with Gasteiger partial charge in [-0.25, -0.2) is 4.98 Å². The summed E-state index contributed by atoms with van der Waals surface area (Å²) in [5.74, 6) is 0. The predicted octanol–water partition coefficient (Wildman–Crippen LogP) is 6.25. The first-order valence-corrected chi connectivity index (χ1v) is 11.6. The number of benzene rings is 1. The van der Waals surface area contributed by atoms with Crippen LogP contribution in [-0.4, -0.2) is 50.7 Å². The summed E-state index contributed by atoms with van der Waals surface area (Å²) in [5, 5.41) is 9.77. The van der Waals surface area contributed by atoms with Crippen molar-refractivity contribution in [3.05, 3.63) is 97.0 Å². The van der Waals surface area contributed by atoms with Gasteiger partial charge in [-0.3, -0.25) is 10.1 Å². The first kappa shape index (κ1) is 22.5. The molecule has 4 aromatic heterocycles. The number of likely N-dealkylation sites (N-methyl/N-ethyl adjacent to an activating group) is 1. The zero-order valence-corrected chi connectivity index (χ0v) is 20.2. The summed E-state index contributed by atoms with van der Waals surface area (Å²) in [6, 6.07) is 14.6. The van der Waals surface area contributed by atoms with Gasteiger partial charge < -0.3 is 9.88 Å². The van der Waals surface area contributed by atoms with Crippen molar-refractivity contribution in [3.8, 4) is 22.5 Å². The lowest BCUT2D eigenvalue weighted by Gasteiger charge is -2.11. The Morgan fingerprint density at radius 1 is 1.09 bits per heavy atom. The molecular weight excluding hydrogens is 432 g/mol. The van der Waals surface area contributed by atoms with Gasteiger partial charge in [0.05, 0.1) is 11.4 Å². The van der Waals surface area contributed by atoms with Gasteiger partial charge in [0.15, 0.2) is 5.65 Å². The average Bonchev–Trinajstić information content (AvgIpc) is 3.50. The molecule has 0 unspecified atom stereocenters. The summed E-state index contributed by atoms with van der Waals surface area (Å²) < 4.78 is 0.